The Kier molecular flexibility index (Phi) is 6.14. The molecule has 1 fully saturated rings. The third-order valence-electron chi connectivity index (χ3n) is 4.34. The zero-order chi connectivity index (χ0) is 17.5. The number of nitrogens with zero attached hydrogens (tertiary/aromatic N) is 1. The molecule has 1 aromatic rings. The van der Waals surface area contributed by atoms with Crippen molar-refractivity contribution in [3.8, 4) is 6.07 Å². The molecular weight excluding hydrogens is 302 g/mol. The fraction of sp³-hybridized carbons (Fsp3) is 0.421. The second-order valence-electron chi connectivity index (χ2n) is 6.31. The van der Waals surface area contributed by atoms with Gasteiger partial charge in [-0.2, -0.15) is 5.26 Å². The predicted molar refractivity (Wildman–Crippen MR) is 93.9 cm³/mol. The Morgan fingerprint density at radius 2 is 1.88 bits per heavy atom. The van der Waals surface area contributed by atoms with Crippen LogP contribution in [0, 0.1) is 17.2 Å². The van der Waals surface area contributed by atoms with Crippen molar-refractivity contribution in [3.05, 3.63) is 35.4 Å². The monoisotopic (exact) mass is 325 g/mol. The number of nitrogens with one attached hydrogen (secondary N) is 2. The second-order valence-corrected chi connectivity index (χ2v) is 6.31. The molecule has 0 spiro atoms. The summed E-state index contributed by atoms with van der Waals surface area (Å²) in [6.45, 7) is 3.58. The molecule has 0 saturated heterocycles. The normalized spacial score (nSPS) is 20.8. The largest absolute Gasteiger partial charge is 0.348 e. The summed E-state index contributed by atoms with van der Waals surface area (Å²) in [6, 6.07) is 9.13. The van der Waals surface area contributed by atoms with E-state index >= 15 is 0 Å². The Labute approximate surface area is 142 Å². The van der Waals surface area contributed by atoms with E-state index in [0.29, 0.717) is 11.6 Å². The van der Waals surface area contributed by atoms with E-state index in [0.717, 1.165) is 24.8 Å². The molecule has 24 heavy (non-hydrogen) atoms. The van der Waals surface area contributed by atoms with Gasteiger partial charge in [0.2, 0.25) is 5.91 Å². The maximum absolute atomic E-state index is 12.3. The van der Waals surface area contributed by atoms with Crippen LogP contribution in [0.25, 0.3) is 6.08 Å². The van der Waals surface area contributed by atoms with Gasteiger partial charge in [0.15, 0.2) is 0 Å². The van der Waals surface area contributed by atoms with E-state index in [1.165, 1.54) is 13.3 Å². The molecule has 0 bridgehead atoms. The number of nitriles is 1. The molecule has 0 unspecified atom stereocenters. The highest BCUT2D eigenvalue weighted by Gasteiger charge is 2.23. The summed E-state index contributed by atoms with van der Waals surface area (Å²) in [6.07, 6.45) is 5.97. The Balaban J connectivity index is 2.06. The highest BCUT2D eigenvalue weighted by molar-refractivity contribution is 6.01. The number of hydrogen-bond acceptors (Lipinski definition) is 3. The van der Waals surface area contributed by atoms with Gasteiger partial charge in [-0.05, 0) is 42.5 Å². The van der Waals surface area contributed by atoms with Gasteiger partial charge < -0.3 is 10.6 Å². The highest BCUT2D eigenvalue weighted by atomic mass is 16.2. The summed E-state index contributed by atoms with van der Waals surface area (Å²) in [5.41, 5.74) is 1.52. The lowest BCUT2D eigenvalue weighted by molar-refractivity contribution is -0.118. The zero-order valence-electron chi connectivity index (χ0n) is 14.1. The second kappa shape index (κ2) is 8.30. The first-order chi connectivity index (χ1) is 11.5. The molecule has 1 aromatic carbocycles. The van der Waals surface area contributed by atoms with Crippen LogP contribution in [0.2, 0.25) is 0 Å². The van der Waals surface area contributed by atoms with Crippen molar-refractivity contribution >= 4 is 23.6 Å². The molecule has 5 heteroatoms. The van der Waals surface area contributed by atoms with Gasteiger partial charge >= 0.3 is 0 Å². The number of amides is 2. The minimum atomic E-state index is -0.317. The molecule has 0 radical (unpaired) electrons. The summed E-state index contributed by atoms with van der Waals surface area (Å²) in [4.78, 5) is 23.4. The first-order valence-corrected chi connectivity index (χ1v) is 8.30. The van der Waals surface area contributed by atoms with Gasteiger partial charge in [-0.1, -0.05) is 31.9 Å². The van der Waals surface area contributed by atoms with Crippen LogP contribution in [0.3, 0.4) is 0 Å². The molecule has 2 atom stereocenters. The van der Waals surface area contributed by atoms with E-state index in [1.807, 2.05) is 6.07 Å². The quantitative estimate of drug-likeness (QED) is 0.658. The lowest BCUT2D eigenvalue weighted by Gasteiger charge is -2.29. The van der Waals surface area contributed by atoms with E-state index in [4.69, 9.17) is 0 Å². The number of anilines is 1. The van der Waals surface area contributed by atoms with Crippen molar-refractivity contribution in [2.24, 2.45) is 5.92 Å². The standard InChI is InChI=1S/C19H23N3O2/c1-13-5-3-4-6-18(13)22-19(24)16(12-20)11-15-7-9-17(10-8-15)21-14(2)23/h7-11,13,18H,3-6H2,1-2H3,(H,21,23)(H,22,24)/b16-11+/t13-,18-/m1/s1. The third-order valence-corrected chi connectivity index (χ3v) is 4.34. The van der Waals surface area contributed by atoms with Crippen LogP contribution < -0.4 is 10.6 Å². The van der Waals surface area contributed by atoms with Crippen LogP contribution in [0.5, 0.6) is 0 Å². The Morgan fingerprint density at radius 3 is 2.46 bits per heavy atom. The number of carbonyl (C=O) groups excluding carboxylic acids is 2. The summed E-state index contributed by atoms with van der Waals surface area (Å²) in [7, 11) is 0. The summed E-state index contributed by atoms with van der Waals surface area (Å²) < 4.78 is 0. The summed E-state index contributed by atoms with van der Waals surface area (Å²) in [5, 5.41) is 15.0. The molecule has 0 aromatic heterocycles. The van der Waals surface area contributed by atoms with Gasteiger partial charge in [0, 0.05) is 18.7 Å². The highest BCUT2D eigenvalue weighted by Crippen LogP contribution is 2.24. The van der Waals surface area contributed by atoms with E-state index < -0.39 is 0 Å². The van der Waals surface area contributed by atoms with Gasteiger partial charge in [-0.15, -0.1) is 0 Å². The van der Waals surface area contributed by atoms with Crippen LogP contribution in [0.15, 0.2) is 29.8 Å². The van der Waals surface area contributed by atoms with E-state index in [9.17, 15) is 14.9 Å². The Hall–Kier alpha value is -2.61. The molecule has 5 nitrogen and oxygen atoms in total. The first-order valence-electron chi connectivity index (χ1n) is 8.30. The number of hydrogen-bond donors (Lipinski definition) is 2. The number of rotatable bonds is 4. The maximum atomic E-state index is 12.3. The van der Waals surface area contributed by atoms with Crippen LogP contribution in [0.4, 0.5) is 5.69 Å². The van der Waals surface area contributed by atoms with Gasteiger partial charge in [-0.3, -0.25) is 9.59 Å². The lowest BCUT2D eigenvalue weighted by Crippen LogP contribution is -2.41. The average molecular weight is 325 g/mol. The van der Waals surface area contributed by atoms with Crippen LogP contribution in [-0.2, 0) is 9.59 Å². The predicted octanol–water partition coefficient (Wildman–Crippen LogP) is 3.25. The summed E-state index contributed by atoms with van der Waals surface area (Å²) >= 11 is 0. The molecular formula is C19H23N3O2. The smallest absolute Gasteiger partial charge is 0.262 e. The molecule has 0 heterocycles. The van der Waals surface area contributed by atoms with E-state index in [-0.39, 0.29) is 23.4 Å². The molecule has 126 valence electrons. The fourth-order valence-electron chi connectivity index (χ4n) is 2.96. The molecule has 2 amide bonds. The molecule has 0 aliphatic heterocycles. The van der Waals surface area contributed by atoms with E-state index in [1.54, 1.807) is 30.3 Å². The fourth-order valence-corrected chi connectivity index (χ4v) is 2.96. The van der Waals surface area contributed by atoms with Crippen LogP contribution >= 0.6 is 0 Å². The van der Waals surface area contributed by atoms with Crippen LogP contribution in [0.1, 0.15) is 45.1 Å². The topological polar surface area (TPSA) is 82.0 Å². The van der Waals surface area contributed by atoms with Crippen molar-refractivity contribution in [2.45, 2.75) is 45.6 Å². The molecule has 2 rings (SSSR count). The van der Waals surface area contributed by atoms with Gasteiger partial charge in [0.25, 0.3) is 5.91 Å². The molecule has 2 N–H and O–H groups in total. The van der Waals surface area contributed by atoms with Crippen molar-refractivity contribution in [1.29, 1.82) is 5.26 Å². The van der Waals surface area contributed by atoms with Crippen molar-refractivity contribution in [2.75, 3.05) is 5.32 Å². The lowest BCUT2D eigenvalue weighted by atomic mass is 9.86. The minimum absolute atomic E-state index is 0.0973. The zero-order valence-corrected chi connectivity index (χ0v) is 14.1. The van der Waals surface area contributed by atoms with Gasteiger partial charge in [0.1, 0.15) is 11.6 Å². The maximum Gasteiger partial charge on any atom is 0.262 e. The average Bonchev–Trinajstić information content (AvgIpc) is 2.55. The minimum Gasteiger partial charge on any atom is -0.348 e. The van der Waals surface area contributed by atoms with Crippen molar-refractivity contribution < 1.29 is 9.59 Å². The SMILES string of the molecule is CC(=O)Nc1ccc(/C=C(\C#N)C(=O)N[C@@H]2CCCC[C@H]2C)cc1. The van der Waals surface area contributed by atoms with Crippen LogP contribution in [-0.4, -0.2) is 17.9 Å². The molecule has 1 saturated carbocycles. The van der Waals surface area contributed by atoms with Gasteiger partial charge in [0.05, 0.1) is 0 Å². The third kappa shape index (κ3) is 4.95. The van der Waals surface area contributed by atoms with E-state index in [2.05, 4.69) is 17.6 Å². The van der Waals surface area contributed by atoms with Crippen molar-refractivity contribution in [3.63, 3.8) is 0 Å². The number of carbonyl (C=O) groups is 2. The Morgan fingerprint density at radius 1 is 1.21 bits per heavy atom. The van der Waals surface area contributed by atoms with Crippen molar-refractivity contribution in [1.82, 2.24) is 5.32 Å². The Bertz CT molecular complexity index is 671. The molecule has 1 aliphatic rings. The molecule has 1 aliphatic carbocycles. The first kappa shape index (κ1) is 17.7. The summed E-state index contributed by atoms with van der Waals surface area (Å²) in [5.74, 6) is -0.0150. The number of benzene rings is 1. The van der Waals surface area contributed by atoms with Gasteiger partial charge in [-0.25, -0.2) is 0 Å².